The number of likely N-dealkylation sites (N-methyl/N-ethyl adjacent to an activating group) is 6. The van der Waals surface area contributed by atoms with Crippen molar-refractivity contribution in [2.24, 2.45) is 17.8 Å². The molecule has 0 unspecified atom stereocenters. The molecule has 12 amide bonds. The molecule has 24 nitrogen and oxygen atoms in total. The third kappa shape index (κ3) is 20.7. The number of carbonyl (C=O) groups is 12. The number of likely N-dealkylation sites (tertiary alicyclic amines) is 1. The first-order chi connectivity index (χ1) is 46.2. The van der Waals surface area contributed by atoms with Crippen molar-refractivity contribution in [2.45, 2.75) is 218 Å². The van der Waals surface area contributed by atoms with Gasteiger partial charge in [-0.3, -0.25) is 57.5 Å². The zero-order valence-electron chi connectivity index (χ0n) is 59.3. The number of nitrogens with one attached hydrogen (secondary N) is 3. The minimum atomic E-state index is -4.74. The van der Waals surface area contributed by atoms with Crippen LogP contribution in [0.15, 0.2) is 30.4 Å². The molecule has 0 spiro atoms. The normalized spacial score (nSPS) is 26.1. The van der Waals surface area contributed by atoms with Gasteiger partial charge in [-0.25, -0.2) is 0 Å². The van der Waals surface area contributed by atoms with Gasteiger partial charge >= 0.3 is 6.18 Å². The molecular formula is C70H106ClF3N12O12. The van der Waals surface area contributed by atoms with Crippen LogP contribution in [0.4, 0.5) is 13.2 Å². The highest BCUT2D eigenvalue weighted by atomic mass is 35.5. The highest BCUT2D eigenvalue weighted by Crippen LogP contribution is 2.36. The number of hydrogen-bond donors (Lipinski definition) is 3. The van der Waals surface area contributed by atoms with E-state index in [9.17, 15) is 70.7 Å². The van der Waals surface area contributed by atoms with Crippen molar-refractivity contribution in [3.8, 4) is 0 Å². The standard InChI is InChI=1S/C70H106ClF3N12O12/c1-13-45(6)60-68(97)79(8)42-59(90)85-36-31-52(85)66(95)81(10)54(39-46-23-16-14-17-24-46)65(94)78(7)41-56(87)76-50(30-28-47-27-29-48(49(71)38-47)70(72,73)74)64(93)86-35-22-25-51(86)62(91)75-32-19-18-26-57(88)83(12)61(44(4)5)69(98)82(11)55(67(96)84-33-20-15-21-34-84)40-58(89)80(9)53(37-43(2)3)63(92)77-60/h27,29,38,43-44,46,50-55,60-61H,6,13-26,28,30-37,39-42H2,1-5,7-12H3,(H,75,91)(H,76,87)(H,77,92)/t50-,51-,52-,53-,54-,55-,60-,61-/m0/s1. The summed E-state index contributed by atoms with van der Waals surface area (Å²) >= 11 is 6.10. The van der Waals surface area contributed by atoms with Crippen LogP contribution in [0.2, 0.25) is 5.02 Å². The van der Waals surface area contributed by atoms with E-state index >= 15 is 0 Å². The van der Waals surface area contributed by atoms with E-state index in [1.807, 2.05) is 13.8 Å². The largest absolute Gasteiger partial charge is 0.417 e. The maximum absolute atomic E-state index is 14.9. The SMILES string of the molecule is C=C(CC)[C@@H]1NC(=O)[C@H](CC(C)C)N(C)C(=O)C[C@@H](C(=O)N2CCCCC2)N(C)C(=O)[C@H](C(C)C)N(C)C(=O)CCCCNC(=O)[C@@H]2CCCN2C(=O)[C@H](CCc2ccc(C(F)(F)F)c(Cl)c2)NC(=O)CN(C)C(=O)[C@H](CC2CCCCC2)N(C)C(=O)[C@@H]2CCN2C(=O)CN(C)C1=O. The molecule has 5 fully saturated rings. The summed E-state index contributed by atoms with van der Waals surface area (Å²) in [5.41, 5.74) is -0.443. The van der Waals surface area contributed by atoms with Crippen molar-refractivity contribution in [1.82, 2.24) is 60.0 Å². The number of benzene rings is 1. The Morgan fingerprint density at radius 2 is 1.29 bits per heavy atom. The topological polar surface area (TPSA) is 270 Å². The summed E-state index contributed by atoms with van der Waals surface area (Å²) in [7, 11) is 8.57. The zero-order chi connectivity index (χ0) is 72.6. The van der Waals surface area contributed by atoms with E-state index < -0.39 is 161 Å². The maximum atomic E-state index is 14.9. The van der Waals surface area contributed by atoms with Gasteiger partial charge in [-0.15, -0.1) is 0 Å². The molecule has 6 rings (SSSR count). The monoisotopic (exact) mass is 1400 g/mol. The Balaban J connectivity index is 1.33. The smallest absolute Gasteiger partial charge is 0.354 e. The summed E-state index contributed by atoms with van der Waals surface area (Å²) in [6, 6.07) is -6.33. The summed E-state index contributed by atoms with van der Waals surface area (Å²) < 4.78 is 41.2. The molecule has 5 aliphatic rings. The fraction of sp³-hybridized carbons (Fsp3) is 0.714. The number of hydrogen-bond acceptors (Lipinski definition) is 12. The molecule has 8 atom stereocenters. The molecule has 3 N–H and O–H groups in total. The van der Waals surface area contributed by atoms with Crippen LogP contribution in [0.25, 0.3) is 0 Å². The van der Waals surface area contributed by atoms with Crippen molar-refractivity contribution in [3.63, 3.8) is 0 Å². The Labute approximate surface area is 580 Å². The molecule has 4 heterocycles. The second-order valence-electron chi connectivity index (χ2n) is 28.2. The lowest BCUT2D eigenvalue weighted by Gasteiger charge is -2.44. The average Bonchev–Trinajstić information content (AvgIpc) is 0.892. The van der Waals surface area contributed by atoms with E-state index in [2.05, 4.69) is 22.5 Å². The number of amides is 12. The number of carbonyl (C=O) groups excluding carboxylic acids is 12. The number of piperidine rings is 1. The van der Waals surface area contributed by atoms with Gasteiger partial charge in [0.2, 0.25) is 70.9 Å². The van der Waals surface area contributed by atoms with E-state index in [0.717, 1.165) is 60.5 Å². The number of rotatable bonds is 11. The molecule has 546 valence electrons. The molecular weight excluding hydrogens is 1290 g/mol. The third-order valence-electron chi connectivity index (χ3n) is 20.2. The molecule has 1 aromatic rings. The molecule has 28 heteroatoms. The van der Waals surface area contributed by atoms with Gasteiger partial charge in [-0.1, -0.05) is 91.0 Å². The zero-order valence-corrected chi connectivity index (χ0v) is 60.1. The van der Waals surface area contributed by atoms with Crippen LogP contribution in [0.5, 0.6) is 0 Å². The fourth-order valence-corrected chi connectivity index (χ4v) is 14.4. The molecule has 1 aromatic carbocycles. The highest BCUT2D eigenvalue weighted by Gasteiger charge is 2.46. The van der Waals surface area contributed by atoms with Crippen molar-refractivity contribution < 1.29 is 70.7 Å². The summed E-state index contributed by atoms with van der Waals surface area (Å²) in [5, 5.41) is 7.87. The summed E-state index contributed by atoms with van der Waals surface area (Å²) in [6.45, 7) is 13.1. The Bertz CT molecular complexity index is 3070. The number of fused-ring (bicyclic) bond motifs is 2. The highest BCUT2D eigenvalue weighted by molar-refractivity contribution is 6.31. The van der Waals surface area contributed by atoms with Gasteiger partial charge in [0.1, 0.15) is 48.3 Å². The second kappa shape index (κ2) is 36.1. The van der Waals surface area contributed by atoms with Crippen LogP contribution in [0.3, 0.4) is 0 Å². The van der Waals surface area contributed by atoms with Gasteiger partial charge in [-0.2, -0.15) is 13.2 Å². The van der Waals surface area contributed by atoms with Gasteiger partial charge < -0.3 is 60.0 Å². The number of alkyl halides is 3. The number of halogens is 4. The molecule has 1 saturated carbocycles. The Kier molecular flexibility index (Phi) is 29.4. The van der Waals surface area contributed by atoms with Crippen LogP contribution >= 0.6 is 11.6 Å². The summed E-state index contributed by atoms with van der Waals surface area (Å²) in [6.07, 6.45) is 3.19. The van der Waals surface area contributed by atoms with Crippen LogP contribution in [-0.4, -0.2) is 251 Å². The van der Waals surface area contributed by atoms with Crippen molar-refractivity contribution in [3.05, 3.63) is 46.5 Å². The first-order valence-corrected chi connectivity index (χ1v) is 35.4. The van der Waals surface area contributed by atoms with Crippen LogP contribution in [0, 0.1) is 17.8 Å². The lowest BCUT2D eigenvalue weighted by atomic mass is 9.84. The molecule has 0 aromatic heterocycles. The van der Waals surface area contributed by atoms with E-state index in [0.29, 0.717) is 49.9 Å². The molecule has 0 radical (unpaired) electrons. The van der Waals surface area contributed by atoms with Crippen molar-refractivity contribution in [2.75, 3.05) is 88.1 Å². The van der Waals surface area contributed by atoms with Gasteiger partial charge in [0.15, 0.2) is 0 Å². The van der Waals surface area contributed by atoms with Crippen LogP contribution in [0.1, 0.15) is 168 Å². The Morgan fingerprint density at radius 1 is 0.633 bits per heavy atom. The maximum Gasteiger partial charge on any atom is 0.417 e. The van der Waals surface area contributed by atoms with Crippen molar-refractivity contribution >= 4 is 82.5 Å². The predicted octanol–water partition coefficient (Wildman–Crippen LogP) is 5.42. The molecule has 4 aliphatic heterocycles. The molecule has 98 heavy (non-hydrogen) atoms. The number of aryl methyl sites for hydroxylation is 1. The second-order valence-corrected chi connectivity index (χ2v) is 28.7. The van der Waals surface area contributed by atoms with Gasteiger partial charge in [-0.05, 0) is 124 Å². The van der Waals surface area contributed by atoms with E-state index in [-0.39, 0.29) is 89.3 Å². The minimum absolute atomic E-state index is 0.0305. The van der Waals surface area contributed by atoms with E-state index in [1.54, 1.807) is 25.7 Å². The molecule has 4 saturated heterocycles. The predicted molar refractivity (Wildman–Crippen MR) is 362 cm³/mol. The summed E-state index contributed by atoms with van der Waals surface area (Å²) in [5.74, 6) is -7.86. The van der Waals surface area contributed by atoms with Crippen LogP contribution in [-0.2, 0) is 70.1 Å². The minimum Gasteiger partial charge on any atom is -0.354 e. The Hall–Kier alpha value is -7.32. The van der Waals surface area contributed by atoms with Gasteiger partial charge in [0.25, 0.3) is 0 Å². The molecule has 1 aliphatic carbocycles. The quantitative estimate of drug-likeness (QED) is 0.235. The Morgan fingerprint density at radius 3 is 1.89 bits per heavy atom. The van der Waals surface area contributed by atoms with E-state index in [1.165, 1.54) is 77.8 Å². The van der Waals surface area contributed by atoms with Gasteiger partial charge in [0, 0.05) is 81.4 Å². The fourth-order valence-electron chi connectivity index (χ4n) is 14.1. The van der Waals surface area contributed by atoms with E-state index in [4.69, 9.17) is 11.6 Å². The molecule has 0 bridgehead atoms. The lowest BCUT2D eigenvalue weighted by Crippen LogP contribution is -2.63. The lowest BCUT2D eigenvalue weighted by molar-refractivity contribution is -0.158. The van der Waals surface area contributed by atoms with Gasteiger partial charge in [0.05, 0.1) is 30.1 Å². The first kappa shape index (κ1) is 79.7. The first-order valence-electron chi connectivity index (χ1n) is 35.0. The summed E-state index contributed by atoms with van der Waals surface area (Å²) in [4.78, 5) is 186. The number of nitrogens with zero attached hydrogens (tertiary/aromatic N) is 9. The van der Waals surface area contributed by atoms with Crippen molar-refractivity contribution in [1.29, 1.82) is 0 Å². The van der Waals surface area contributed by atoms with Crippen LogP contribution < -0.4 is 16.0 Å². The third-order valence-corrected chi connectivity index (χ3v) is 20.6. The average molecular weight is 1400 g/mol.